The Morgan fingerprint density at radius 1 is 0.973 bits per heavy atom. The maximum Gasteiger partial charge on any atom is 0.296 e. The number of aliphatic hydroxyl groups excluding tert-OH is 1. The van der Waals surface area contributed by atoms with Crippen LogP contribution in [0.15, 0.2) is 101 Å². The maximum atomic E-state index is 13.2. The lowest BCUT2D eigenvalue weighted by Crippen LogP contribution is -2.29. The zero-order valence-corrected chi connectivity index (χ0v) is 20.1. The highest BCUT2D eigenvalue weighted by atomic mass is 16.5. The molecule has 0 radical (unpaired) electrons. The summed E-state index contributed by atoms with van der Waals surface area (Å²) in [5.41, 5.74) is 2.99. The van der Waals surface area contributed by atoms with Crippen LogP contribution in [-0.4, -0.2) is 26.8 Å². The number of aryl methyl sites for hydroxylation is 1. The van der Waals surface area contributed by atoms with E-state index in [4.69, 9.17) is 9.15 Å². The van der Waals surface area contributed by atoms with E-state index in [0.29, 0.717) is 29.2 Å². The molecule has 37 heavy (non-hydrogen) atoms. The molecule has 2 N–H and O–H groups in total. The molecule has 7 nitrogen and oxygen atoms in total. The lowest BCUT2D eigenvalue weighted by molar-refractivity contribution is -0.140. The number of ether oxygens (including phenoxy) is 1. The van der Waals surface area contributed by atoms with Crippen LogP contribution in [0.1, 0.15) is 34.1 Å². The van der Waals surface area contributed by atoms with Crippen molar-refractivity contribution in [2.24, 2.45) is 0 Å². The molecule has 1 amide bonds. The fourth-order valence-electron chi connectivity index (χ4n) is 4.45. The number of hydrogen-bond acceptors (Lipinski definition) is 6. The molecular formula is C30H25NO6. The van der Waals surface area contributed by atoms with Crippen LogP contribution in [-0.2, 0) is 22.7 Å². The summed E-state index contributed by atoms with van der Waals surface area (Å²) in [6, 6.07) is 23.4. The van der Waals surface area contributed by atoms with Crippen LogP contribution in [0.2, 0.25) is 0 Å². The third kappa shape index (κ3) is 4.84. The molecule has 1 aliphatic heterocycles. The number of carbonyl (C=O) groups excluding carboxylic acids is 2. The summed E-state index contributed by atoms with van der Waals surface area (Å²) in [6.07, 6.45) is 1.48. The van der Waals surface area contributed by atoms with Crippen LogP contribution < -0.4 is 4.74 Å². The first-order valence-corrected chi connectivity index (χ1v) is 11.8. The van der Waals surface area contributed by atoms with Gasteiger partial charge in [0.15, 0.2) is 0 Å². The molecule has 5 rings (SSSR count). The Balaban J connectivity index is 1.47. The summed E-state index contributed by atoms with van der Waals surface area (Å²) in [7, 11) is 0. The molecule has 186 valence electrons. The molecule has 0 aliphatic carbocycles. The molecule has 1 aromatic heterocycles. The predicted molar refractivity (Wildman–Crippen MR) is 137 cm³/mol. The number of nitrogens with zero attached hydrogens (tertiary/aromatic N) is 1. The highest BCUT2D eigenvalue weighted by molar-refractivity contribution is 6.46. The average molecular weight is 496 g/mol. The van der Waals surface area contributed by atoms with E-state index < -0.39 is 17.7 Å². The van der Waals surface area contributed by atoms with Crippen LogP contribution in [0.3, 0.4) is 0 Å². The van der Waals surface area contributed by atoms with Gasteiger partial charge in [-0.3, -0.25) is 9.59 Å². The molecule has 1 aliphatic rings. The van der Waals surface area contributed by atoms with Gasteiger partial charge in [-0.2, -0.15) is 0 Å². The lowest BCUT2D eigenvalue weighted by atomic mass is 9.95. The van der Waals surface area contributed by atoms with Crippen molar-refractivity contribution in [1.82, 2.24) is 4.90 Å². The first-order chi connectivity index (χ1) is 17.9. The standard InChI is InChI=1S/C30H25NO6/c1-19-6-2-3-7-22(19)18-37-24-13-11-20(12-14-24)28(33)26-27(21-8-4-9-23(32)16-21)31(30(35)29(26)34)17-25-10-5-15-36-25/h2-16,27,32-33H,17-18H2,1H3/b28-26-/t27-/m1/s1. The Bertz CT molecular complexity index is 1470. The van der Waals surface area contributed by atoms with Crippen LogP contribution in [0.4, 0.5) is 0 Å². The van der Waals surface area contributed by atoms with Gasteiger partial charge in [0.05, 0.1) is 24.4 Å². The van der Waals surface area contributed by atoms with E-state index in [1.54, 1.807) is 48.5 Å². The van der Waals surface area contributed by atoms with E-state index in [0.717, 1.165) is 11.1 Å². The Labute approximate surface area is 213 Å². The van der Waals surface area contributed by atoms with Gasteiger partial charge in [0, 0.05) is 5.56 Å². The minimum Gasteiger partial charge on any atom is -0.508 e. The molecular weight excluding hydrogens is 470 g/mol. The van der Waals surface area contributed by atoms with E-state index in [1.165, 1.54) is 23.3 Å². The molecule has 4 aromatic rings. The molecule has 3 aromatic carbocycles. The number of aliphatic hydroxyl groups is 1. The van der Waals surface area contributed by atoms with Crippen molar-refractivity contribution in [1.29, 1.82) is 0 Å². The number of likely N-dealkylation sites (tertiary alicyclic amines) is 1. The normalized spacial score (nSPS) is 16.8. The van der Waals surface area contributed by atoms with Crippen molar-refractivity contribution in [2.75, 3.05) is 0 Å². The molecule has 1 atom stereocenters. The van der Waals surface area contributed by atoms with Crippen molar-refractivity contribution in [2.45, 2.75) is 26.1 Å². The largest absolute Gasteiger partial charge is 0.508 e. The van der Waals surface area contributed by atoms with E-state index in [-0.39, 0.29) is 23.6 Å². The molecule has 0 spiro atoms. The number of rotatable bonds is 7. The van der Waals surface area contributed by atoms with Gasteiger partial charge < -0.3 is 24.3 Å². The van der Waals surface area contributed by atoms with E-state index in [2.05, 4.69) is 0 Å². The average Bonchev–Trinajstić information content (AvgIpc) is 3.50. The van der Waals surface area contributed by atoms with Gasteiger partial charge in [-0.1, -0.05) is 36.4 Å². The van der Waals surface area contributed by atoms with Gasteiger partial charge >= 0.3 is 0 Å². The van der Waals surface area contributed by atoms with Crippen LogP contribution >= 0.6 is 0 Å². The predicted octanol–water partition coefficient (Wildman–Crippen LogP) is 5.49. The molecule has 0 bridgehead atoms. The SMILES string of the molecule is Cc1ccccc1COc1ccc(/C(O)=C2/C(=O)C(=O)N(Cc3ccco3)[C@@H]2c2cccc(O)c2)cc1. The third-order valence-electron chi connectivity index (χ3n) is 6.42. The van der Waals surface area contributed by atoms with E-state index >= 15 is 0 Å². The maximum absolute atomic E-state index is 13.2. The molecule has 0 saturated carbocycles. The number of benzene rings is 3. The molecule has 1 fully saturated rings. The Kier molecular flexibility index (Phi) is 6.51. The zero-order valence-electron chi connectivity index (χ0n) is 20.1. The number of ketones is 1. The number of Topliss-reactive ketones (excluding diaryl/α,β-unsaturated/α-hetero) is 1. The number of carbonyl (C=O) groups is 2. The van der Waals surface area contributed by atoms with Crippen LogP contribution in [0.5, 0.6) is 11.5 Å². The summed E-state index contributed by atoms with van der Waals surface area (Å²) in [6.45, 7) is 2.44. The summed E-state index contributed by atoms with van der Waals surface area (Å²) in [5, 5.41) is 21.3. The van der Waals surface area contributed by atoms with Gasteiger partial charge in [-0.05, 0) is 72.1 Å². The van der Waals surface area contributed by atoms with Gasteiger partial charge in [0.25, 0.3) is 11.7 Å². The number of phenols is 1. The van der Waals surface area contributed by atoms with Gasteiger partial charge in [-0.25, -0.2) is 0 Å². The fraction of sp³-hybridized carbons (Fsp3) is 0.133. The van der Waals surface area contributed by atoms with Crippen molar-refractivity contribution in [3.63, 3.8) is 0 Å². The first kappa shape index (κ1) is 23.9. The number of aromatic hydroxyl groups is 1. The number of furan rings is 1. The quantitative estimate of drug-likeness (QED) is 0.200. The molecule has 7 heteroatoms. The third-order valence-corrected chi connectivity index (χ3v) is 6.42. The van der Waals surface area contributed by atoms with Crippen molar-refractivity contribution in [3.05, 3.63) is 125 Å². The van der Waals surface area contributed by atoms with Crippen LogP contribution in [0.25, 0.3) is 5.76 Å². The fourth-order valence-corrected chi connectivity index (χ4v) is 4.45. The van der Waals surface area contributed by atoms with Crippen molar-refractivity contribution >= 4 is 17.4 Å². The summed E-state index contributed by atoms with van der Waals surface area (Å²) < 4.78 is 11.3. The lowest BCUT2D eigenvalue weighted by Gasteiger charge is -2.24. The number of phenolic OH excluding ortho intramolecular Hbond substituents is 1. The van der Waals surface area contributed by atoms with E-state index in [9.17, 15) is 19.8 Å². The number of hydrogen-bond donors (Lipinski definition) is 2. The highest BCUT2D eigenvalue weighted by Crippen LogP contribution is 2.41. The van der Waals surface area contributed by atoms with Gasteiger partial charge in [0.1, 0.15) is 29.6 Å². The Hall–Kier alpha value is -4.78. The molecule has 0 unspecified atom stereocenters. The molecule has 2 heterocycles. The first-order valence-electron chi connectivity index (χ1n) is 11.8. The highest BCUT2D eigenvalue weighted by Gasteiger charge is 2.46. The number of amides is 1. The smallest absolute Gasteiger partial charge is 0.296 e. The summed E-state index contributed by atoms with van der Waals surface area (Å²) >= 11 is 0. The van der Waals surface area contributed by atoms with Gasteiger partial charge in [0.2, 0.25) is 0 Å². The Morgan fingerprint density at radius 3 is 2.46 bits per heavy atom. The minimum atomic E-state index is -0.908. The van der Waals surface area contributed by atoms with Crippen molar-refractivity contribution < 1.29 is 29.0 Å². The topological polar surface area (TPSA) is 100 Å². The second-order valence-electron chi connectivity index (χ2n) is 8.84. The monoisotopic (exact) mass is 495 g/mol. The zero-order chi connectivity index (χ0) is 25.9. The minimum absolute atomic E-state index is 0.0174. The Morgan fingerprint density at radius 2 is 1.76 bits per heavy atom. The van der Waals surface area contributed by atoms with E-state index in [1.807, 2.05) is 31.2 Å². The second-order valence-corrected chi connectivity index (χ2v) is 8.84. The molecule has 1 saturated heterocycles. The van der Waals surface area contributed by atoms with Crippen LogP contribution in [0, 0.1) is 6.92 Å². The summed E-state index contributed by atoms with van der Waals surface area (Å²) in [4.78, 5) is 27.5. The second kappa shape index (κ2) is 10.1. The van der Waals surface area contributed by atoms with Gasteiger partial charge in [-0.15, -0.1) is 0 Å². The summed E-state index contributed by atoms with van der Waals surface area (Å²) in [5.74, 6) is -0.804. The van der Waals surface area contributed by atoms with Crippen molar-refractivity contribution in [3.8, 4) is 11.5 Å².